The molecule has 4 nitrogen and oxygen atoms in total. The molecule has 0 radical (unpaired) electrons. The highest BCUT2D eigenvalue weighted by Crippen LogP contribution is 2.52. The third kappa shape index (κ3) is 6.54. The molecule has 0 bridgehead atoms. The van der Waals surface area contributed by atoms with Gasteiger partial charge in [0, 0.05) is 28.1 Å². The molecular formula is C33H45F4NO3Si. The maximum absolute atomic E-state index is 15.4. The lowest BCUT2D eigenvalue weighted by Gasteiger charge is -2.45. The number of aliphatic hydroxyl groups excluding tert-OH is 1. The second-order valence-corrected chi connectivity index (χ2v) is 19.2. The summed E-state index contributed by atoms with van der Waals surface area (Å²) >= 11 is 0. The molecule has 1 aliphatic carbocycles. The fourth-order valence-electron chi connectivity index (χ4n) is 5.82. The van der Waals surface area contributed by atoms with Gasteiger partial charge in [0.25, 0.3) is 0 Å². The van der Waals surface area contributed by atoms with Crippen LogP contribution in [0.4, 0.5) is 17.6 Å². The van der Waals surface area contributed by atoms with Crippen LogP contribution in [-0.4, -0.2) is 31.6 Å². The van der Waals surface area contributed by atoms with Crippen LogP contribution in [0.5, 0.6) is 0 Å². The summed E-state index contributed by atoms with van der Waals surface area (Å²) in [5.74, 6) is -1.24. The number of halogens is 4. The summed E-state index contributed by atoms with van der Waals surface area (Å²) in [6, 6.07) is 2.32. The summed E-state index contributed by atoms with van der Waals surface area (Å²) in [6.45, 7) is 20.2. The molecule has 1 aromatic carbocycles. The van der Waals surface area contributed by atoms with Gasteiger partial charge in [0.15, 0.2) is 8.32 Å². The van der Waals surface area contributed by atoms with E-state index in [2.05, 4.69) is 47.7 Å². The summed E-state index contributed by atoms with van der Waals surface area (Å²) in [5, 5.41) is 11.9. The number of rotatable bonds is 6. The van der Waals surface area contributed by atoms with Crippen LogP contribution >= 0.6 is 0 Å². The number of aliphatic hydroxyl groups is 1. The zero-order valence-corrected chi connectivity index (χ0v) is 27.3. The van der Waals surface area contributed by atoms with Gasteiger partial charge in [-0.25, -0.2) is 4.39 Å². The Labute approximate surface area is 248 Å². The van der Waals surface area contributed by atoms with Gasteiger partial charge in [-0.3, -0.25) is 4.98 Å². The second kappa shape index (κ2) is 11.5. The van der Waals surface area contributed by atoms with Gasteiger partial charge in [0.05, 0.1) is 24.9 Å². The van der Waals surface area contributed by atoms with E-state index in [9.17, 15) is 18.3 Å². The number of fused-ring (bicyclic) bond motifs is 1. The van der Waals surface area contributed by atoms with E-state index < -0.39 is 32.0 Å². The molecule has 1 N–H and O–H groups in total. The quantitative estimate of drug-likeness (QED) is 0.263. The predicted molar refractivity (Wildman–Crippen MR) is 160 cm³/mol. The molecule has 4 rings (SSSR count). The third-order valence-corrected chi connectivity index (χ3v) is 13.5. The van der Waals surface area contributed by atoms with Gasteiger partial charge in [-0.05, 0) is 72.0 Å². The number of alkyl halides is 3. The van der Waals surface area contributed by atoms with Crippen LogP contribution in [0, 0.1) is 11.2 Å². The maximum Gasteiger partial charge on any atom is 0.416 e. The summed E-state index contributed by atoms with van der Waals surface area (Å²) in [5.41, 5.74) is 3.24. The van der Waals surface area contributed by atoms with Crippen molar-refractivity contribution in [3.05, 3.63) is 69.3 Å². The normalized spacial score (nSPS) is 20.4. The molecule has 42 heavy (non-hydrogen) atoms. The number of hydrogen-bond donors (Lipinski definition) is 1. The van der Waals surface area contributed by atoms with E-state index >= 15 is 4.39 Å². The summed E-state index contributed by atoms with van der Waals surface area (Å²) < 4.78 is 68.1. The largest absolute Gasteiger partial charge is 0.416 e. The minimum atomic E-state index is -4.69. The van der Waals surface area contributed by atoms with Gasteiger partial charge >= 0.3 is 6.18 Å². The van der Waals surface area contributed by atoms with E-state index in [1.165, 1.54) is 0 Å². The molecule has 0 spiro atoms. The molecule has 0 amide bonds. The molecular weight excluding hydrogens is 562 g/mol. The topological polar surface area (TPSA) is 51.6 Å². The fourth-order valence-corrected chi connectivity index (χ4v) is 7.09. The summed E-state index contributed by atoms with van der Waals surface area (Å²) in [6.07, 6.45) is -2.49. The molecule has 0 saturated heterocycles. The Morgan fingerprint density at radius 1 is 1.14 bits per heavy atom. The number of aromatic nitrogens is 1. The molecule has 2 heterocycles. The SMILES string of the molecule is CC(C)c1nc2c(c(C3=CCOCC3)c1[C@@H](O)c1ccc(C(F)(F)F)cc1F)C(O[Si](C)(C)C(C)(C)C)CC(C)(C)C2. The monoisotopic (exact) mass is 607 g/mol. The molecule has 2 aliphatic rings. The van der Waals surface area contributed by atoms with Crippen LogP contribution in [0.25, 0.3) is 5.57 Å². The first kappa shape index (κ1) is 32.8. The van der Waals surface area contributed by atoms with Gasteiger partial charge in [0.2, 0.25) is 0 Å². The lowest BCUT2D eigenvalue weighted by molar-refractivity contribution is -0.137. The van der Waals surface area contributed by atoms with Crippen molar-refractivity contribution in [2.75, 3.05) is 13.2 Å². The Balaban J connectivity index is 2.04. The number of nitrogens with zero attached hydrogens (tertiary/aromatic N) is 1. The van der Waals surface area contributed by atoms with Crippen molar-refractivity contribution in [2.24, 2.45) is 5.41 Å². The second-order valence-electron chi connectivity index (χ2n) is 14.4. The van der Waals surface area contributed by atoms with Crippen molar-refractivity contribution in [3.63, 3.8) is 0 Å². The van der Waals surface area contributed by atoms with E-state index in [4.69, 9.17) is 14.1 Å². The van der Waals surface area contributed by atoms with Crippen molar-refractivity contribution < 1.29 is 31.8 Å². The molecule has 0 fully saturated rings. The van der Waals surface area contributed by atoms with Crippen LogP contribution in [0.2, 0.25) is 18.1 Å². The zero-order valence-electron chi connectivity index (χ0n) is 26.3. The first-order valence-corrected chi connectivity index (χ1v) is 17.7. The highest BCUT2D eigenvalue weighted by molar-refractivity contribution is 6.74. The van der Waals surface area contributed by atoms with E-state index in [0.29, 0.717) is 43.4 Å². The van der Waals surface area contributed by atoms with Crippen molar-refractivity contribution >= 4 is 13.9 Å². The smallest absolute Gasteiger partial charge is 0.410 e. The average molecular weight is 608 g/mol. The Hall–Kier alpha value is -2.07. The van der Waals surface area contributed by atoms with Gasteiger partial charge in [-0.15, -0.1) is 0 Å². The highest BCUT2D eigenvalue weighted by atomic mass is 28.4. The molecule has 2 aromatic rings. The Morgan fingerprint density at radius 2 is 1.81 bits per heavy atom. The molecule has 2 atom stereocenters. The van der Waals surface area contributed by atoms with Crippen LogP contribution in [0.1, 0.15) is 119 Å². The van der Waals surface area contributed by atoms with Gasteiger partial charge in [-0.1, -0.05) is 60.6 Å². The van der Waals surface area contributed by atoms with Crippen molar-refractivity contribution in [1.82, 2.24) is 4.98 Å². The first-order valence-electron chi connectivity index (χ1n) is 14.8. The molecule has 1 aromatic heterocycles. The highest BCUT2D eigenvalue weighted by Gasteiger charge is 2.45. The lowest BCUT2D eigenvalue weighted by Crippen LogP contribution is -2.44. The minimum Gasteiger partial charge on any atom is -0.410 e. The fraction of sp³-hybridized carbons (Fsp3) is 0.606. The predicted octanol–water partition coefficient (Wildman–Crippen LogP) is 9.28. The molecule has 1 aliphatic heterocycles. The number of benzene rings is 1. The van der Waals surface area contributed by atoms with Crippen molar-refractivity contribution in [1.29, 1.82) is 0 Å². The molecule has 0 saturated carbocycles. The Kier molecular flexibility index (Phi) is 8.95. The standard InChI is InChI=1S/C33H45F4NO3Si/c1-19(2)29-28(30(39)22-11-10-21(16-23(22)34)33(35,36)37)26(20-12-14-40-15-13-20)27-24(38-29)17-32(6,7)18-25(27)41-42(8,9)31(3,4)5/h10-12,16,19,25,30,39H,13-15,17-18H2,1-9H3/t25?,30-/m0/s1. The van der Waals surface area contributed by atoms with Crippen molar-refractivity contribution in [3.8, 4) is 0 Å². The van der Waals surface area contributed by atoms with Crippen molar-refractivity contribution in [2.45, 2.75) is 110 Å². The number of pyridine rings is 1. The van der Waals surface area contributed by atoms with E-state index in [0.717, 1.165) is 40.9 Å². The Morgan fingerprint density at radius 3 is 2.33 bits per heavy atom. The maximum atomic E-state index is 15.4. The van der Waals surface area contributed by atoms with Gasteiger partial charge in [-0.2, -0.15) is 13.2 Å². The average Bonchev–Trinajstić information content (AvgIpc) is 2.85. The van der Waals surface area contributed by atoms with Gasteiger partial charge < -0.3 is 14.3 Å². The third-order valence-electron chi connectivity index (χ3n) is 9.06. The number of ether oxygens (including phenoxy) is 1. The van der Waals surface area contributed by atoms with E-state index in [1.54, 1.807) is 0 Å². The van der Waals surface area contributed by atoms with E-state index in [1.807, 2.05) is 19.9 Å². The van der Waals surface area contributed by atoms with E-state index in [-0.39, 0.29) is 28.0 Å². The van der Waals surface area contributed by atoms with Crippen LogP contribution < -0.4 is 0 Å². The molecule has 1 unspecified atom stereocenters. The van der Waals surface area contributed by atoms with Gasteiger partial charge in [0.1, 0.15) is 11.9 Å². The minimum absolute atomic E-state index is 0.0517. The van der Waals surface area contributed by atoms with Crippen LogP contribution in [0.3, 0.4) is 0 Å². The Bertz CT molecular complexity index is 1360. The summed E-state index contributed by atoms with van der Waals surface area (Å²) in [7, 11) is -2.27. The van der Waals surface area contributed by atoms with Crippen LogP contribution in [-0.2, 0) is 21.8 Å². The zero-order chi connectivity index (χ0) is 31.4. The molecule has 9 heteroatoms. The number of hydrogen-bond acceptors (Lipinski definition) is 4. The lowest BCUT2D eigenvalue weighted by atomic mass is 9.71. The first-order chi connectivity index (χ1) is 19.2. The van der Waals surface area contributed by atoms with Crippen LogP contribution in [0.15, 0.2) is 24.3 Å². The summed E-state index contributed by atoms with van der Waals surface area (Å²) in [4.78, 5) is 5.15. The molecule has 232 valence electrons.